The first-order chi connectivity index (χ1) is 6.15. The Balaban J connectivity index is 2.64. The molecule has 0 aliphatic carbocycles. The van der Waals surface area contributed by atoms with E-state index in [-0.39, 0.29) is 0 Å². The van der Waals surface area contributed by atoms with Crippen LogP contribution >= 0.6 is 0 Å². The zero-order valence-corrected chi connectivity index (χ0v) is 8.69. The number of hydrogen-bond donors (Lipinski definition) is 1. The quantitative estimate of drug-likeness (QED) is 0.516. The molecular formula is C12H19N. The standard InChI is InChI=1S/C12H19N/c1-5-9(2)8-12-11(4)10(3)6-7-13-12/h5,12-13H,1-2,6-8H2,3-4H3. The number of hydrogen-bond acceptors (Lipinski definition) is 1. The maximum absolute atomic E-state index is 3.95. The van der Waals surface area contributed by atoms with Crippen molar-refractivity contribution in [3.63, 3.8) is 0 Å². The summed E-state index contributed by atoms with van der Waals surface area (Å²) in [5, 5.41) is 3.50. The number of allylic oxidation sites excluding steroid dienone is 1. The lowest BCUT2D eigenvalue weighted by Crippen LogP contribution is -2.35. The molecule has 0 radical (unpaired) electrons. The van der Waals surface area contributed by atoms with Crippen LogP contribution in [0.4, 0.5) is 0 Å². The lowest BCUT2D eigenvalue weighted by molar-refractivity contribution is 0.533. The summed E-state index contributed by atoms with van der Waals surface area (Å²) in [5.74, 6) is 0. The van der Waals surface area contributed by atoms with Crippen molar-refractivity contribution in [2.24, 2.45) is 0 Å². The van der Waals surface area contributed by atoms with E-state index in [2.05, 4.69) is 32.3 Å². The van der Waals surface area contributed by atoms with E-state index in [9.17, 15) is 0 Å². The van der Waals surface area contributed by atoms with Crippen LogP contribution in [-0.2, 0) is 0 Å². The molecule has 0 amide bonds. The fourth-order valence-electron chi connectivity index (χ4n) is 1.65. The summed E-state index contributed by atoms with van der Waals surface area (Å²) >= 11 is 0. The van der Waals surface area contributed by atoms with Gasteiger partial charge in [-0.1, -0.05) is 36.0 Å². The van der Waals surface area contributed by atoms with Gasteiger partial charge >= 0.3 is 0 Å². The van der Waals surface area contributed by atoms with Crippen LogP contribution in [-0.4, -0.2) is 12.6 Å². The molecule has 1 atom stereocenters. The molecule has 1 heteroatoms. The molecule has 13 heavy (non-hydrogen) atoms. The van der Waals surface area contributed by atoms with Crippen LogP contribution in [0.25, 0.3) is 0 Å². The Morgan fingerprint density at radius 2 is 2.31 bits per heavy atom. The monoisotopic (exact) mass is 177 g/mol. The molecule has 1 unspecified atom stereocenters. The fraction of sp³-hybridized carbons (Fsp3) is 0.500. The van der Waals surface area contributed by atoms with E-state index in [4.69, 9.17) is 0 Å². The third-order valence-electron chi connectivity index (χ3n) is 2.84. The van der Waals surface area contributed by atoms with Gasteiger partial charge < -0.3 is 5.32 Å². The van der Waals surface area contributed by atoms with Crippen molar-refractivity contribution in [2.45, 2.75) is 32.7 Å². The highest BCUT2D eigenvalue weighted by atomic mass is 14.9. The molecule has 0 spiro atoms. The number of rotatable bonds is 3. The van der Waals surface area contributed by atoms with Crippen LogP contribution in [0.2, 0.25) is 0 Å². The van der Waals surface area contributed by atoms with Crippen molar-refractivity contribution in [3.05, 3.63) is 36.0 Å². The van der Waals surface area contributed by atoms with Crippen LogP contribution in [0.5, 0.6) is 0 Å². The molecule has 0 aromatic carbocycles. The highest BCUT2D eigenvalue weighted by Gasteiger charge is 2.16. The van der Waals surface area contributed by atoms with Gasteiger partial charge in [-0.05, 0) is 33.2 Å². The van der Waals surface area contributed by atoms with E-state index in [1.807, 2.05) is 6.08 Å². The van der Waals surface area contributed by atoms with Crippen LogP contribution < -0.4 is 5.32 Å². The first-order valence-corrected chi connectivity index (χ1v) is 4.85. The Morgan fingerprint density at radius 1 is 1.62 bits per heavy atom. The highest BCUT2D eigenvalue weighted by molar-refractivity contribution is 5.24. The maximum atomic E-state index is 3.95. The zero-order chi connectivity index (χ0) is 9.84. The van der Waals surface area contributed by atoms with Crippen LogP contribution in [0.15, 0.2) is 36.0 Å². The molecule has 1 N–H and O–H groups in total. The molecule has 0 saturated heterocycles. The van der Waals surface area contributed by atoms with Gasteiger partial charge in [-0.3, -0.25) is 0 Å². The molecule has 0 fully saturated rings. The highest BCUT2D eigenvalue weighted by Crippen LogP contribution is 2.20. The average Bonchev–Trinajstić information content (AvgIpc) is 2.13. The first kappa shape index (κ1) is 10.3. The molecule has 0 bridgehead atoms. The average molecular weight is 177 g/mol. The van der Waals surface area contributed by atoms with Crippen molar-refractivity contribution >= 4 is 0 Å². The van der Waals surface area contributed by atoms with E-state index >= 15 is 0 Å². The Labute approximate surface area is 81.2 Å². The predicted octanol–water partition coefficient (Wildman–Crippen LogP) is 2.82. The van der Waals surface area contributed by atoms with Crippen molar-refractivity contribution in [1.82, 2.24) is 5.32 Å². The smallest absolute Gasteiger partial charge is 0.0319 e. The predicted molar refractivity (Wildman–Crippen MR) is 58.7 cm³/mol. The van der Waals surface area contributed by atoms with Gasteiger partial charge in [0.2, 0.25) is 0 Å². The second-order valence-corrected chi connectivity index (χ2v) is 3.79. The third kappa shape index (κ3) is 2.56. The Bertz CT molecular complexity index is 248. The molecule has 1 aliphatic heterocycles. The summed E-state index contributed by atoms with van der Waals surface area (Å²) in [7, 11) is 0. The zero-order valence-electron chi connectivity index (χ0n) is 8.69. The normalized spacial score (nSPS) is 23.1. The molecule has 1 heterocycles. The largest absolute Gasteiger partial charge is 0.310 e. The Morgan fingerprint density at radius 3 is 2.92 bits per heavy atom. The minimum absolute atomic E-state index is 0.485. The molecule has 1 rings (SSSR count). The molecule has 72 valence electrons. The van der Waals surface area contributed by atoms with Crippen LogP contribution in [0, 0.1) is 0 Å². The minimum atomic E-state index is 0.485. The topological polar surface area (TPSA) is 12.0 Å². The summed E-state index contributed by atoms with van der Waals surface area (Å²) < 4.78 is 0. The van der Waals surface area contributed by atoms with Crippen molar-refractivity contribution in [1.29, 1.82) is 0 Å². The molecule has 0 aromatic rings. The third-order valence-corrected chi connectivity index (χ3v) is 2.84. The number of nitrogens with one attached hydrogen (secondary N) is 1. The second kappa shape index (κ2) is 4.43. The van der Waals surface area contributed by atoms with Gasteiger partial charge in [-0.15, -0.1) is 0 Å². The maximum Gasteiger partial charge on any atom is 0.0319 e. The van der Waals surface area contributed by atoms with Gasteiger partial charge in [-0.25, -0.2) is 0 Å². The Hall–Kier alpha value is -0.820. The summed E-state index contributed by atoms with van der Waals surface area (Å²) in [6.45, 7) is 13.2. The van der Waals surface area contributed by atoms with Crippen LogP contribution in [0.1, 0.15) is 26.7 Å². The lowest BCUT2D eigenvalue weighted by Gasteiger charge is -2.26. The summed E-state index contributed by atoms with van der Waals surface area (Å²) in [4.78, 5) is 0. The van der Waals surface area contributed by atoms with Crippen molar-refractivity contribution in [3.8, 4) is 0 Å². The SMILES string of the molecule is C=CC(=C)CC1NCCC(C)=C1C. The van der Waals surface area contributed by atoms with Crippen molar-refractivity contribution in [2.75, 3.05) is 6.54 Å². The molecule has 0 saturated carbocycles. The van der Waals surface area contributed by atoms with E-state index < -0.39 is 0 Å². The Kier molecular flexibility index (Phi) is 3.49. The minimum Gasteiger partial charge on any atom is -0.310 e. The summed E-state index contributed by atoms with van der Waals surface area (Å²) in [6.07, 6.45) is 4.02. The lowest BCUT2D eigenvalue weighted by atomic mass is 9.92. The van der Waals surface area contributed by atoms with Gasteiger partial charge in [0.05, 0.1) is 0 Å². The second-order valence-electron chi connectivity index (χ2n) is 3.79. The molecule has 1 nitrogen and oxygen atoms in total. The van der Waals surface area contributed by atoms with Gasteiger partial charge in [0.1, 0.15) is 0 Å². The van der Waals surface area contributed by atoms with Crippen molar-refractivity contribution < 1.29 is 0 Å². The van der Waals surface area contributed by atoms with E-state index in [0.717, 1.165) is 18.5 Å². The van der Waals surface area contributed by atoms with Gasteiger partial charge in [-0.2, -0.15) is 0 Å². The summed E-state index contributed by atoms with van der Waals surface area (Å²) in [5.41, 5.74) is 4.13. The van der Waals surface area contributed by atoms with Gasteiger partial charge in [0.25, 0.3) is 0 Å². The fourth-order valence-corrected chi connectivity index (χ4v) is 1.65. The first-order valence-electron chi connectivity index (χ1n) is 4.85. The van der Waals surface area contributed by atoms with E-state index in [1.54, 1.807) is 0 Å². The summed E-state index contributed by atoms with van der Waals surface area (Å²) in [6, 6.07) is 0.485. The van der Waals surface area contributed by atoms with Gasteiger partial charge in [0.15, 0.2) is 0 Å². The van der Waals surface area contributed by atoms with Gasteiger partial charge in [0, 0.05) is 6.04 Å². The van der Waals surface area contributed by atoms with Crippen LogP contribution in [0.3, 0.4) is 0 Å². The molecular weight excluding hydrogens is 158 g/mol. The van der Waals surface area contributed by atoms with E-state index in [1.165, 1.54) is 17.6 Å². The molecule has 0 aromatic heterocycles. The molecule has 1 aliphatic rings. The van der Waals surface area contributed by atoms with E-state index in [0.29, 0.717) is 6.04 Å².